The molecule has 0 fully saturated rings. The van der Waals surface area contributed by atoms with Gasteiger partial charge in [-0.3, -0.25) is 4.79 Å². The van der Waals surface area contributed by atoms with Crippen LogP contribution < -0.4 is 5.32 Å². The molecule has 2 rings (SSSR count). The summed E-state index contributed by atoms with van der Waals surface area (Å²) in [5, 5.41) is 21.2. The van der Waals surface area contributed by atoms with Crippen LogP contribution >= 0.6 is 23.2 Å². The molecule has 0 unspecified atom stereocenters. The van der Waals surface area contributed by atoms with Crippen LogP contribution in [0.5, 0.6) is 0 Å². The minimum Gasteiger partial charge on any atom is -0.510 e. The Morgan fingerprint density at radius 1 is 1.19 bits per heavy atom. The van der Waals surface area contributed by atoms with Gasteiger partial charge in [-0.2, -0.15) is 0 Å². The average molecular weight is 406 g/mol. The number of aliphatic hydroxyl groups is 1. The van der Waals surface area contributed by atoms with Gasteiger partial charge in [0, 0.05) is 10.7 Å². The summed E-state index contributed by atoms with van der Waals surface area (Å²) in [6.45, 7) is 5.40. The Morgan fingerprint density at radius 2 is 1.93 bits per heavy atom. The highest BCUT2D eigenvalue weighted by atomic mass is 35.5. The Bertz CT molecular complexity index is 904. The normalized spacial score (nSPS) is 12.2. The molecule has 0 radical (unpaired) electrons. The summed E-state index contributed by atoms with van der Waals surface area (Å²) in [6, 6.07) is 10.6. The van der Waals surface area contributed by atoms with Crippen molar-refractivity contribution in [2.75, 3.05) is 5.32 Å². The summed E-state index contributed by atoms with van der Waals surface area (Å²) >= 11 is 11.9. The van der Waals surface area contributed by atoms with Crippen molar-refractivity contribution in [3.8, 4) is 0 Å². The quantitative estimate of drug-likeness (QED) is 0.316. The summed E-state index contributed by atoms with van der Waals surface area (Å²) in [4.78, 5) is 12.5. The fourth-order valence-electron chi connectivity index (χ4n) is 2.44. The van der Waals surface area contributed by atoms with Crippen molar-refractivity contribution in [3.05, 3.63) is 69.0 Å². The molecule has 0 atom stereocenters. The molecule has 0 aliphatic rings. The standard InChI is InChI=1S/C20H21Cl2N3O2/c1-4-5-14-6-8-17(12(2)10-14)23-20(27)19(13(3)26)25-24-18-9-7-15(21)11-16(18)22/h6-11,26H,4-5H2,1-3H3,(H,23,27)/b19-13+,25-24+. The van der Waals surface area contributed by atoms with Crippen LogP contribution in [0.4, 0.5) is 11.4 Å². The van der Waals surface area contributed by atoms with Gasteiger partial charge in [-0.1, -0.05) is 48.7 Å². The van der Waals surface area contributed by atoms with Gasteiger partial charge >= 0.3 is 0 Å². The number of carbonyl (C=O) groups excluding carboxylic acids is 1. The number of benzene rings is 2. The number of nitrogens with zero attached hydrogens (tertiary/aromatic N) is 2. The number of nitrogens with one attached hydrogen (secondary N) is 1. The molecule has 27 heavy (non-hydrogen) atoms. The molecule has 142 valence electrons. The Kier molecular flexibility index (Phi) is 7.39. The fraction of sp³-hybridized carbons (Fsp3) is 0.250. The SMILES string of the molecule is CCCc1ccc(NC(=O)C(/N=N/c2ccc(Cl)cc2Cl)=C(/C)O)c(C)c1. The van der Waals surface area contributed by atoms with Crippen molar-refractivity contribution in [3.63, 3.8) is 0 Å². The highest BCUT2D eigenvalue weighted by Crippen LogP contribution is 2.29. The van der Waals surface area contributed by atoms with E-state index in [9.17, 15) is 9.90 Å². The maximum atomic E-state index is 12.5. The van der Waals surface area contributed by atoms with Gasteiger partial charge in [0.1, 0.15) is 11.4 Å². The van der Waals surface area contributed by atoms with Gasteiger partial charge in [0.2, 0.25) is 0 Å². The molecule has 2 aromatic rings. The van der Waals surface area contributed by atoms with Crippen molar-refractivity contribution in [1.82, 2.24) is 0 Å². The van der Waals surface area contributed by atoms with E-state index in [-0.39, 0.29) is 11.5 Å². The predicted molar refractivity (Wildman–Crippen MR) is 110 cm³/mol. The molecule has 0 spiro atoms. The molecule has 0 saturated carbocycles. The lowest BCUT2D eigenvalue weighted by atomic mass is 10.1. The minimum absolute atomic E-state index is 0.196. The van der Waals surface area contributed by atoms with Crippen molar-refractivity contribution in [1.29, 1.82) is 0 Å². The van der Waals surface area contributed by atoms with E-state index in [1.54, 1.807) is 12.1 Å². The van der Waals surface area contributed by atoms with E-state index < -0.39 is 5.91 Å². The van der Waals surface area contributed by atoms with Crippen molar-refractivity contribution < 1.29 is 9.90 Å². The fourth-order valence-corrected chi connectivity index (χ4v) is 2.89. The van der Waals surface area contributed by atoms with Crippen molar-refractivity contribution in [2.45, 2.75) is 33.6 Å². The number of azo groups is 1. The number of halogens is 2. The van der Waals surface area contributed by atoms with E-state index in [2.05, 4.69) is 22.5 Å². The molecule has 2 aromatic carbocycles. The number of carbonyl (C=O) groups is 1. The number of hydrogen-bond donors (Lipinski definition) is 2. The third kappa shape index (κ3) is 5.81. The molecule has 0 aromatic heterocycles. The minimum atomic E-state index is -0.560. The molecule has 7 heteroatoms. The smallest absolute Gasteiger partial charge is 0.279 e. The van der Waals surface area contributed by atoms with Gasteiger partial charge in [0.05, 0.1) is 5.02 Å². The molecule has 5 nitrogen and oxygen atoms in total. The van der Waals surface area contributed by atoms with Gasteiger partial charge in [0.25, 0.3) is 5.91 Å². The molecular weight excluding hydrogens is 385 g/mol. The van der Waals surface area contributed by atoms with Gasteiger partial charge in [-0.05, 0) is 55.7 Å². The Balaban J connectivity index is 2.21. The molecular formula is C20H21Cl2N3O2. The third-order valence-electron chi connectivity index (χ3n) is 3.80. The van der Waals surface area contributed by atoms with E-state index in [1.165, 1.54) is 18.6 Å². The number of allylic oxidation sites excluding steroid dienone is 1. The summed E-state index contributed by atoms with van der Waals surface area (Å²) in [6.07, 6.45) is 2.03. The zero-order valence-corrected chi connectivity index (χ0v) is 16.9. The monoisotopic (exact) mass is 405 g/mol. The lowest BCUT2D eigenvalue weighted by Crippen LogP contribution is -2.15. The second-order valence-corrected chi connectivity index (χ2v) is 6.93. The van der Waals surface area contributed by atoms with Gasteiger partial charge in [-0.25, -0.2) is 0 Å². The Morgan fingerprint density at radius 3 is 2.52 bits per heavy atom. The summed E-state index contributed by atoms with van der Waals surface area (Å²) in [5.41, 5.74) is 2.94. The zero-order chi connectivity index (χ0) is 20.0. The van der Waals surface area contributed by atoms with E-state index in [1.807, 2.05) is 25.1 Å². The first-order valence-electron chi connectivity index (χ1n) is 8.49. The van der Waals surface area contributed by atoms with E-state index in [4.69, 9.17) is 23.2 Å². The van der Waals surface area contributed by atoms with Crippen molar-refractivity contribution in [2.24, 2.45) is 10.2 Å². The number of hydrogen-bond acceptors (Lipinski definition) is 4. The summed E-state index contributed by atoms with van der Waals surface area (Å²) in [7, 11) is 0. The van der Waals surface area contributed by atoms with Crippen LogP contribution in [0.3, 0.4) is 0 Å². The largest absolute Gasteiger partial charge is 0.510 e. The van der Waals surface area contributed by atoms with Crippen LogP contribution in [-0.4, -0.2) is 11.0 Å². The maximum absolute atomic E-state index is 12.5. The average Bonchev–Trinajstić information content (AvgIpc) is 2.59. The lowest BCUT2D eigenvalue weighted by molar-refractivity contribution is -0.113. The molecule has 2 N–H and O–H groups in total. The zero-order valence-electron chi connectivity index (χ0n) is 15.4. The Hall–Kier alpha value is -2.37. The molecule has 0 saturated heterocycles. The highest BCUT2D eigenvalue weighted by molar-refractivity contribution is 6.36. The van der Waals surface area contributed by atoms with Gasteiger partial charge < -0.3 is 10.4 Å². The topological polar surface area (TPSA) is 74.0 Å². The second-order valence-electron chi connectivity index (χ2n) is 6.08. The van der Waals surface area contributed by atoms with Gasteiger partial charge in [0.15, 0.2) is 5.70 Å². The molecule has 0 bridgehead atoms. The van der Waals surface area contributed by atoms with Crippen LogP contribution in [0.25, 0.3) is 0 Å². The summed E-state index contributed by atoms with van der Waals surface area (Å²) < 4.78 is 0. The molecule has 0 aliphatic carbocycles. The third-order valence-corrected chi connectivity index (χ3v) is 4.34. The second kappa shape index (κ2) is 9.53. The van der Waals surface area contributed by atoms with Crippen LogP contribution in [0.1, 0.15) is 31.4 Å². The van der Waals surface area contributed by atoms with E-state index in [0.717, 1.165) is 18.4 Å². The van der Waals surface area contributed by atoms with Crippen LogP contribution in [-0.2, 0) is 11.2 Å². The number of anilines is 1. The number of rotatable bonds is 6. The van der Waals surface area contributed by atoms with E-state index >= 15 is 0 Å². The first kappa shape index (κ1) is 20.9. The number of aliphatic hydroxyl groups excluding tert-OH is 1. The van der Waals surface area contributed by atoms with Crippen molar-refractivity contribution >= 4 is 40.5 Å². The first-order valence-corrected chi connectivity index (χ1v) is 9.25. The van der Waals surface area contributed by atoms with Crippen LogP contribution in [0, 0.1) is 6.92 Å². The highest BCUT2D eigenvalue weighted by Gasteiger charge is 2.15. The van der Waals surface area contributed by atoms with Gasteiger partial charge in [-0.15, -0.1) is 10.2 Å². The Labute approximate surface area is 168 Å². The van der Waals surface area contributed by atoms with Crippen LogP contribution in [0.2, 0.25) is 10.0 Å². The molecule has 1 amide bonds. The van der Waals surface area contributed by atoms with Crippen LogP contribution in [0.15, 0.2) is 58.1 Å². The predicted octanol–water partition coefficient (Wildman–Crippen LogP) is 6.77. The maximum Gasteiger partial charge on any atom is 0.279 e. The molecule has 0 heterocycles. The number of aryl methyl sites for hydroxylation is 2. The first-order chi connectivity index (χ1) is 12.8. The molecule has 0 aliphatic heterocycles. The summed E-state index contributed by atoms with van der Waals surface area (Å²) in [5.74, 6) is -0.809. The number of amides is 1. The lowest BCUT2D eigenvalue weighted by Gasteiger charge is -2.10. The van der Waals surface area contributed by atoms with E-state index in [0.29, 0.717) is 21.4 Å².